The number of ether oxygens (including phenoxy) is 2. The minimum absolute atomic E-state index is 0.589. The summed E-state index contributed by atoms with van der Waals surface area (Å²) in [6.45, 7) is 5.51. The van der Waals surface area contributed by atoms with Gasteiger partial charge in [-0.15, -0.1) is 0 Å². The normalized spacial score (nSPS) is 15.3. The Bertz CT molecular complexity index is 670. The molecule has 2 aromatic carbocycles. The van der Waals surface area contributed by atoms with E-state index in [9.17, 15) is 0 Å². The lowest BCUT2D eigenvalue weighted by molar-refractivity contribution is 0.0374. The molecule has 3 nitrogen and oxygen atoms in total. The van der Waals surface area contributed by atoms with Crippen LogP contribution >= 0.6 is 31.9 Å². The van der Waals surface area contributed by atoms with E-state index < -0.39 is 0 Å². The summed E-state index contributed by atoms with van der Waals surface area (Å²) in [5.74, 6) is 0.980. The summed E-state index contributed by atoms with van der Waals surface area (Å²) >= 11 is 7.05. The summed E-state index contributed by atoms with van der Waals surface area (Å²) in [5, 5.41) is 0. The number of aryl methyl sites for hydroxylation is 1. The maximum Gasteiger partial charge on any atom is 0.123 e. The van der Waals surface area contributed by atoms with Crippen molar-refractivity contribution in [1.82, 2.24) is 4.90 Å². The van der Waals surface area contributed by atoms with Gasteiger partial charge >= 0.3 is 0 Å². The molecule has 0 N–H and O–H groups in total. The largest absolute Gasteiger partial charge is 0.489 e. The Morgan fingerprint density at radius 1 is 0.960 bits per heavy atom. The van der Waals surface area contributed by atoms with Gasteiger partial charge in [-0.2, -0.15) is 0 Å². The summed E-state index contributed by atoms with van der Waals surface area (Å²) in [7, 11) is 0. The topological polar surface area (TPSA) is 21.7 Å². The van der Waals surface area contributed by atoms with Gasteiger partial charge < -0.3 is 9.47 Å². The molecule has 0 atom stereocenters. The van der Waals surface area contributed by atoms with Gasteiger partial charge in [-0.3, -0.25) is 4.90 Å². The molecule has 0 aromatic heterocycles. The molecule has 25 heavy (non-hydrogen) atoms. The Morgan fingerprint density at radius 3 is 2.44 bits per heavy atom. The molecule has 0 unspecified atom stereocenters. The molecule has 1 heterocycles. The molecule has 0 spiro atoms. The van der Waals surface area contributed by atoms with Gasteiger partial charge in [0.1, 0.15) is 12.4 Å². The van der Waals surface area contributed by atoms with Crippen LogP contribution in [0.15, 0.2) is 51.4 Å². The van der Waals surface area contributed by atoms with Crippen molar-refractivity contribution in [3.05, 3.63) is 62.5 Å². The number of benzene rings is 2. The van der Waals surface area contributed by atoms with E-state index in [1.807, 2.05) is 18.2 Å². The fourth-order valence-corrected chi connectivity index (χ4v) is 3.62. The molecular weight excluding hydrogens is 446 g/mol. The van der Waals surface area contributed by atoms with Crippen molar-refractivity contribution in [3.63, 3.8) is 0 Å². The molecule has 0 bridgehead atoms. The number of hydrogen-bond acceptors (Lipinski definition) is 3. The van der Waals surface area contributed by atoms with Crippen molar-refractivity contribution in [2.45, 2.75) is 19.4 Å². The van der Waals surface area contributed by atoms with Crippen LogP contribution in [0.1, 0.15) is 17.5 Å². The molecule has 1 saturated heterocycles. The van der Waals surface area contributed by atoms with Gasteiger partial charge in [0.15, 0.2) is 0 Å². The van der Waals surface area contributed by atoms with E-state index in [4.69, 9.17) is 9.47 Å². The lowest BCUT2D eigenvalue weighted by atomic mass is 10.1. The van der Waals surface area contributed by atoms with Crippen LogP contribution in [0, 0.1) is 0 Å². The van der Waals surface area contributed by atoms with Crippen molar-refractivity contribution in [3.8, 4) is 5.75 Å². The summed E-state index contributed by atoms with van der Waals surface area (Å²) in [4.78, 5) is 2.48. The third-order valence-corrected chi connectivity index (χ3v) is 5.38. The molecule has 0 amide bonds. The molecule has 0 radical (unpaired) electrons. The lowest BCUT2D eigenvalue weighted by Gasteiger charge is -2.26. The zero-order valence-corrected chi connectivity index (χ0v) is 17.4. The van der Waals surface area contributed by atoms with Gasteiger partial charge in [-0.05, 0) is 60.8 Å². The standard InChI is InChI=1S/C20H23Br2NO2/c21-18-5-3-16(4-6-18)15-25-20-8-7-19(22)14-17(20)2-1-9-23-10-12-24-13-11-23/h3-8,14H,1-2,9-13,15H2. The fraction of sp³-hybridized carbons (Fsp3) is 0.400. The van der Waals surface area contributed by atoms with E-state index in [0.29, 0.717) is 6.61 Å². The molecule has 0 aliphatic carbocycles. The monoisotopic (exact) mass is 467 g/mol. The van der Waals surface area contributed by atoms with E-state index in [2.05, 4.69) is 61.0 Å². The van der Waals surface area contributed by atoms with Gasteiger partial charge in [-0.25, -0.2) is 0 Å². The summed E-state index contributed by atoms with van der Waals surface area (Å²) < 4.78 is 13.7. The maximum atomic E-state index is 6.09. The highest BCUT2D eigenvalue weighted by molar-refractivity contribution is 9.10. The fourth-order valence-electron chi connectivity index (χ4n) is 2.94. The Balaban J connectivity index is 1.56. The Labute approximate surface area is 166 Å². The number of hydrogen-bond donors (Lipinski definition) is 0. The second kappa shape index (κ2) is 9.72. The van der Waals surface area contributed by atoms with Crippen LogP contribution in [0.2, 0.25) is 0 Å². The van der Waals surface area contributed by atoms with Gasteiger partial charge in [0.05, 0.1) is 13.2 Å². The Morgan fingerprint density at radius 2 is 1.68 bits per heavy atom. The average molecular weight is 469 g/mol. The molecule has 134 valence electrons. The van der Waals surface area contributed by atoms with Crippen LogP contribution < -0.4 is 4.74 Å². The SMILES string of the molecule is Brc1ccc(COc2ccc(Br)cc2CCCN2CCOCC2)cc1. The Hall–Kier alpha value is -0.880. The summed E-state index contributed by atoms with van der Waals surface area (Å²) in [6, 6.07) is 14.5. The molecule has 2 aromatic rings. The first-order valence-electron chi connectivity index (χ1n) is 8.66. The van der Waals surface area contributed by atoms with E-state index in [0.717, 1.165) is 60.4 Å². The van der Waals surface area contributed by atoms with Crippen molar-refractivity contribution in [2.24, 2.45) is 0 Å². The van der Waals surface area contributed by atoms with Crippen LogP contribution in [-0.4, -0.2) is 37.7 Å². The summed E-state index contributed by atoms with van der Waals surface area (Å²) in [6.07, 6.45) is 2.15. The van der Waals surface area contributed by atoms with Crippen LogP contribution in [-0.2, 0) is 17.8 Å². The van der Waals surface area contributed by atoms with Crippen LogP contribution in [0.4, 0.5) is 0 Å². The lowest BCUT2D eigenvalue weighted by Crippen LogP contribution is -2.36. The van der Waals surface area contributed by atoms with Crippen molar-refractivity contribution in [1.29, 1.82) is 0 Å². The molecule has 1 aliphatic heterocycles. The zero-order chi connectivity index (χ0) is 17.5. The first-order valence-corrected chi connectivity index (χ1v) is 10.2. The first kappa shape index (κ1) is 18.9. The van der Waals surface area contributed by atoms with Gasteiger partial charge in [0.2, 0.25) is 0 Å². The van der Waals surface area contributed by atoms with E-state index in [1.165, 1.54) is 11.1 Å². The highest BCUT2D eigenvalue weighted by Gasteiger charge is 2.11. The third kappa shape index (κ3) is 6.10. The molecule has 1 aliphatic rings. The van der Waals surface area contributed by atoms with Gasteiger partial charge in [0, 0.05) is 22.0 Å². The van der Waals surface area contributed by atoms with Gasteiger partial charge in [0.25, 0.3) is 0 Å². The zero-order valence-electron chi connectivity index (χ0n) is 14.2. The van der Waals surface area contributed by atoms with Crippen LogP contribution in [0.3, 0.4) is 0 Å². The minimum atomic E-state index is 0.589. The number of morpholine rings is 1. The van der Waals surface area contributed by atoms with E-state index in [1.54, 1.807) is 0 Å². The maximum absolute atomic E-state index is 6.09. The minimum Gasteiger partial charge on any atom is -0.489 e. The average Bonchev–Trinajstić information content (AvgIpc) is 2.63. The molecule has 1 fully saturated rings. The highest BCUT2D eigenvalue weighted by Crippen LogP contribution is 2.26. The van der Waals surface area contributed by atoms with E-state index >= 15 is 0 Å². The predicted octanol–water partition coefficient (Wildman–Crippen LogP) is 5.06. The van der Waals surface area contributed by atoms with E-state index in [-0.39, 0.29) is 0 Å². The quantitative estimate of drug-likeness (QED) is 0.567. The van der Waals surface area contributed by atoms with Crippen LogP contribution in [0.5, 0.6) is 5.75 Å². The highest BCUT2D eigenvalue weighted by atomic mass is 79.9. The van der Waals surface area contributed by atoms with Crippen molar-refractivity contribution in [2.75, 3.05) is 32.8 Å². The number of nitrogens with zero attached hydrogens (tertiary/aromatic N) is 1. The Kier molecular flexibility index (Phi) is 7.35. The smallest absolute Gasteiger partial charge is 0.123 e. The van der Waals surface area contributed by atoms with Crippen LogP contribution in [0.25, 0.3) is 0 Å². The molecule has 0 saturated carbocycles. The molecule has 3 rings (SSSR count). The predicted molar refractivity (Wildman–Crippen MR) is 108 cm³/mol. The second-order valence-corrected chi connectivity index (χ2v) is 8.06. The van der Waals surface area contributed by atoms with Gasteiger partial charge in [-0.1, -0.05) is 44.0 Å². The molecule has 5 heteroatoms. The third-order valence-electron chi connectivity index (χ3n) is 4.35. The summed E-state index contributed by atoms with van der Waals surface area (Å²) in [5.41, 5.74) is 2.44. The molecular formula is C20H23Br2NO2. The number of halogens is 2. The number of rotatable bonds is 7. The first-order chi connectivity index (χ1) is 12.2. The van der Waals surface area contributed by atoms with Crippen molar-refractivity contribution < 1.29 is 9.47 Å². The second-order valence-electron chi connectivity index (χ2n) is 6.22. The van der Waals surface area contributed by atoms with Crippen molar-refractivity contribution >= 4 is 31.9 Å².